The third-order valence-electron chi connectivity index (χ3n) is 7.78. The molecule has 0 saturated heterocycles. The summed E-state index contributed by atoms with van der Waals surface area (Å²) >= 11 is 0. The number of halogens is 5. The highest BCUT2D eigenvalue weighted by Crippen LogP contribution is 2.35. The van der Waals surface area contributed by atoms with Crippen LogP contribution in [0.15, 0.2) is 48.7 Å². The summed E-state index contributed by atoms with van der Waals surface area (Å²) in [6.45, 7) is -1.88. The number of amides is 2. The number of nitrogens with one attached hydrogen (secondary N) is 2. The first kappa shape index (κ1) is 32.3. The van der Waals surface area contributed by atoms with Crippen molar-refractivity contribution in [2.75, 3.05) is 40.5 Å². The van der Waals surface area contributed by atoms with Crippen molar-refractivity contribution in [3.63, 3.8) is 0 Å². The first-order chi connectivity index (χ1) is 21.2. The van der Waals surface area contributed by atoms with Crippen LogP contribution in [0.3, 0.4) is 0 Å². The lowest BCUT2D eigenvalue weighted by Gasteiger charge is -2.37. The van der Waals surface area contributed by atoms with Crippen LogP contribution in [0.2, 0.25) is 0 Å². The highest BCUT2D eigenvalue weighted by molar-refractivity contribution is 7.91. The Labute approximate surface area is 257 Å². The maximum Gasteiger partial charge on any atom is 0.406 e. The molecule has 242 valence electrons. The summed E-state index contributed by atoms with van der Waals surface area (Å²) in [5.74, 6) is -2.25. The maximum atomic E-state index is 15.1. The normalized spacial score (nSPS) is 19.1. The first-order valence-corrected chi connectivity index (χ1v) is 15.8. The molecular formula is C29H32F5N7O3S. The van der Waals surface area contributed by atoms with Gasteiger partial charge in [-0.1, -0.05) is 12.1 Å². The lowest BCUT2D eigenvalue weighted by molar-refractivity contribution is -0.118. The number of anilines is 4. The second-order valence-corrected chi connectivity index (χ2v) is 13.1. The minimum atomic E-state index is -4.77. The van der Waals surface area contributed by atoms with Crippen molar-refractivity contribution in [1.29, 1.82) is 0 Å². The van der Waals surface area contributed by atoms with E-state index in [0.29, 0.717) is 10.9 Å². The number of carbonyl (C=O) groups excluding carboxylic acids is 1. The number of aromatic nitrogens is 2. The number of fused-ring (bicyclic) bond motifs is 1. The Morgan fingerprint density at radius 3 is 2.33 bits per heavy atom. The van der Waals surface area contributed by atoms with E-state index in [0.717, 1.165) is 54.8 Å². The second kappa shape index (κ2) is 12.7. The van der Waals surface area contributed by atoms with Crippen LogP contribution in [-0.4, -0.2) is 68.2 Å². The van der Waals surface area contributed by atoms with Crippen LogP contribution in [0, 0.1) is 11.6 Å². The molecule has 2 aromatic carbocycles. The molecule has 1 aromatic heterocycles. The summed E-state index contributed by atoms with van der Waals surface area (Å²) in [6.07, 6.45) is 0.102. The van der Waals surface area contributed by atoms with E-state index in [1.54, 1.807) is 0 Å². The molecule has 10 nitrogen and oxygen atoms in total. The highest BCUT2D eigenvalue weighted by atomic mass is 32.2. The molecule has 1 aliphatic heterocycles. The van der Waals surface area contributed by atoms with E-state index in [1.165, 1.54) is 24.4 Å². The average Bonchev–Trinajstić information content (AvgIpc) is 2.96. The molecule has 5 rings (SSSR count). The molecule has 1 fully saturated rings. The van der Waals surface area contributed by atoms with E-state index in [4.69, 9.17) is 0 Å². The van der Waals surface area contributed by atoms with Gasteiger partial charge in [-0.25, -0.2) is 27.0 Å². The maximum absolute atomic E-state index is 15.1. The molecule has 45 heavy (non-hydrogen) atoms. The molecule has 0 unspecified atom stereocenters. The average molecular weight is 654 g/mol. The minimum absolute atomic E-state index is 0.0284. The van der Waals surface area contributed by atoms with Crippen LogP contribution in [0.25, 0.3) is 0 Å². The van der Waals surface area contributed by atoms with Gasteiger partial charge in [0.05, 0.1) is 18.0 Å². The monoisotopic (exact) mass is 653 g/mol. The van der Waals surface area contributed by atoms with Crippen molar-refractivity contribution >= 4 is 39.2 Å². The summed E-state index contributed by atoms with van der Waals surface area (Å²) in [6, 6.07) is 7.27. The Balaban J connectivity index is 1.35. The largest absolute Gasteiger partial charge is 0.406 e. The lowest BCUT2D eigenvalue weighted by Crippen LogP contribution is -2.51. The van der Waals surface area contributed by atoms with E-state index in [-0.39, 0.29) is 41.2 Å². The summed E-state index contributed by atoms with van der Waals surface area (Å²) < 4.78 is 96.5. The summed E-state index contributed by atoms with van der Waals surface area (Å²) in [7, 11) is -0.0799. The third-order valence-corrected chi connectivity index (χ3v) is 9.03. The predicted molar refractivity (Wildman–Crippen MR) is 159 cm³/mol. The number of sulfonamides is 1. The Kier molecular flexibility index (Phi) is 9.16. The summed E-state index contributed by atoms with van der Waals surface area (Å²) in [5.41, 5.74) is -0.0565. The van der Waals surface area contributed by atoms with E-state index in [1.807, 2.05) is 14.1 Å². The van der Waals surface area contributed by atoms with Crippen LogP contribution < -0.4 is 19.8 Å². The number of hydrogen-bond acceptors (Lipinski definition) is 7. The Bertz CT molecular complexity index is 1650. The molecule has 16 heteroatoms. The van der Waals surface area contributed by atoms with Gasteiger partial charge < -0.3 is 10.2 Å². The van der Waals surface area contributed by atoms with Gasteiger partial charge in [-0.15, -0.1) is 0 Å². The van der Waals surface area contributed by atoms with Crippen LogP contribution in [-0.2, 0) is 22.3 Å². The molecule has 2 heterocycles. The molecule has 1 saturated carbocycles. The Hall–Kier alpha value is -4.05. The van der Waals surface area contributed by atoms with E-state index in [9.17, 15) is 30.8 Å². The fourth-order valence-electron chi connectivity index (χ4n) is 5.49. The van der Waals surface area contributed by atoms with Crippen molar-refractivity contribution in [3.05, 3.63) is 71.4 Å². The van der Waals surface area contributed by atoms with Gasteiger partial charge in [0.25, 0.3) is 0 Å². The number of benzene rings is 2. The molecule has 3 aromatic rings. The zero-order chi connectivity index (χ0) is 32.5. The quantitative estimate of drug-likeness (QED) is 0.294. The van der Waals surface area contributed by atoms with Crippen molar-refractivity contribution in [2.45, 2.75) is 56.2 Å². The second-order valence-electron chi connectivity index (χ2n) is 11.4. The number of urea groups is 1. The van der Waals surface area contributed by atoms with Crippen LogP contribution in [0.5, 0.6) is 0 Å². The molecule has 0 atom stereocenters. The molecule has 1 aliphatic carbocycles. The van der Waals surface area contributed by atoms with Gasteiger partial charge in [0.1, 0.15) is 24.0 Å². The number of alkyl halides is 3. The van der Waals surface area contributed by atoms with Crippen molar-refractivity contribution in [1.82, 2.24) is 14.9 Å². The molecule has 2 N–H and O–H groups in total. The van der Waals surface area contributed by atoms with Crippen molar-refractivity contribution < 1.29 is 35.2 Å². The zero-order valence-corrected chi connectivity index (χ0v) is 25.3. The summed E-state index contributed by atoms with van der Waals surface area (Å²) in [4.78, 5) is 25.6. The van der Waals surface area contributed by atoms with Gasteiger partial charge in [-0.05, 0) is 75.7 Å². The lowest BCUT2D eigenvalue weighted by atomic mass is 9.91. The number of hydrogen-bond donors (Lipinski definition) is 2. The minimum Gasteiger partial charge on any atom is -0.351 e. The smallest absolute Gasteiger partial charge is 0.351 e. The first-order valence-electron chi connectivity index (χ1n) is 14.2. The van der Waals surface area contributed by atoms with Crippen molar-refractivity contribution in [3.8, 4) is 0 Å². The fraction of sp³-hybridized carbons (Fsp3) is 0.414. The number of rotatable bonds is 9. The van der Waals surface area contributed by atoms with Crippen LogP contribution in [0.1, 0.15) is 36.8 Å². The zero-order valence-electron chi connectivity index (χ0n) is 24.5. The van der Waals surface area contributed by atoms with Gasteiger partial charge in [0.2, 0.25) is 16.0 Å². The highest BCUT2D eigenvalue weighted by Gasteiger charge is 2.41. The van der Waals surface area contributed by atoms with E-state index >= 15 is 4.39 Å². The predicted octanol–water partition coefficient (Wildman–Crippen LogP) is 5.49. The molecule has 0 bridgehead atoms. The topological polar surface area (TPSA) is 111 Å². The molecule has 0 radical (unpaired) electrons. The van der Waals surface area contributed by atoms with Gasteiger partial charge in [0, 0.05) is 29.5 Å². The van der Waals surface area contributed by atoms with Gasteiger partial charge in [-0.3, -0.25) is 14.5 Å². The van der Waals surface area contributed by atoms with Gasteiger partial charge in [0.15, 0.2) is 0 Å². The molecular weight excluding hydrogens is 621 g/mol. The van der Waals surface area contributed by atoms with Crippen molar-refractivity contribution in [2.24, 2.45) is 0 Å². The molecule has 2 amide bonds. The van der Waals surface area contributed by atoms with Gasteiger partial charge in [-0.2, -0.15) is 18.2 Å². The molecule has 2 aliphatic rings. The number of carbonyl (C=O) groups is 1. The van der Waals surface area contributed by atoms with Gasteiger partial charge >= 0.3 is 12.2 Å². The third kappa shape index (κ3) is 7.97. The standard InChI is InChI=1S/C29H32F5N7O3S/c1-39(2)22-9-7-21(8-10-22)36-27-35-14-19-15-40(28(42)41(26(19)37-27)17-29(32,33)34)23-11-12-25(24(31)13-23)38-45(43,44)16-18-3-5-20(30)6-4-18/h3-6,11-14,21-22,38H,7-10,15-17H2,1-2H3,(H,35,36,37). The van der Waals surface area contributed by atoms with Crippen LogP contribution >= 0.6 is 0 Å². The fourth-order valence-corrected chi connectivity index (χ4v) is 6.69. The molecule has 0 spiro atoms. The summed E-state index contributed by atoms with van der Waals surface area (Å²) in [5, 5.41) is 3.19. The van der Waals surface area contributed by atoms with Crippen LogP contribution in [0.4, 0.5) is 49.9 Å². The Morgan fingerprint density at radius 1 is 1.02 bits per heavy atom. The Morgan fingerprint density at radius 2 is 1.71 bits per heavy atom. The van der Waals surface area contributed by atoms with E-state index in [2.05, 4.69) is 24.9 Å². The SMILES string of the molecule is CN(C)C1CCC(Nc2ncc3c(n2)N(CC(F)(F)F)C(=O)N(c2ccc(NS(=O)(=O)Cc4ccc(F)cc4)c(F)c2)C3)CC1. The number of nitrogens with zero attached hydrogens (tertiary/aromatic N) is 5. The van der Waals surface area contributed by atoms with E-state index < -0.39 is 51.9 Å².